The number of rotatable bonds is 5. The first-order chi connectivity index (χ1) is 13.7. The van der Waals surface area contributed by atoms with Gasteiger partial charge >= 0.3 is 0 Å². The first kappa shape index (κ1) is 18.6. The molecule has 0 unspecified atom stereocenters. The minimum atomic E-state index is -0.366. The molecule has 28 heavy (non-hydrogen) atoms. The molecule has 0 aliphatic carbocycles. The van der Waals surface area contributed by atoms with Crippen molar-refractivity contribution in [3.05, 3.63) is 71.5 Å². The van der Waals surface area contributed by atoms with Crippen LogP contribution in [0.1, 0.15) is 36.8 Å². The van der Waals surface area contributed by atoms with E-state index in [1.165, 1.54) is 17.3 Å². The summed E-state index contributed by atoms with van der Waals surface area (Å²) in [7, 11) is 0. The minimum Gasteiger partial charge on any atom is -0.325 e. The molecule has 0 bridgehead atoms. The lowest BCUT2D eigenvalue weighted by molar-refractivity contribution is -0.116. The predicted octanol–water partition coefficient (Wildman–Crippen LogP) is 3.80. The number of nitrogens with one attached hydrogen (secondary N) is 2. The highest BCUT2D eigenvalue weighted by Gasteiger charge is 2.37. The highest BCUT2D eigenvalue weighted by atomic mass is 32.2. The number of nitrogens with zero attached hydrogens (tertiary/aromatic N) is 3. The molecule has 2 aromatic carbocycles. The molecule has 1 aromatic heterocycles. The molecule has 2 N–H and O–H groups in total. The van der Waals surface area contributed by atoms with Crippen LogP contribution in [0.2, 0.25) is 0 Å². The Balaban J connectivity index is 1.62. The maximum Gasteiger partial charge on any atom is 0.240 e. The summed E-state index contributed by atoms with van der Waals surface area (Å²) in [6, 6.07) is 17.8. The molecule has 6 nitrogen and oxygen atoms in total. The standard InChI is InChI=1S/C21H23N5OS/c1-3-14-10-12-16(13-11-14)22-20(27)19-18(15-8-6-5-7-9-15)25-26-17(4-2)23-24-21(26)28-19/h5-13,18-19,25H,3-4H2,1-2H3,(H,22,27)/t18-,19-/m0/s1. The molecule has 144 valence electrons. The molecule has 0 fully saturated rings. The van der Waals surface area contributed by atoms with Crippen molar-refractivity contribution >= 4 is 23.4 Å². The zero-order valence-electron chi connectivity index (χ0n) is 15.9. The van der Waals surface area contributed by atoms with Gasteiger partial charge in [-0.15, -0.1) is 10.2 Å². The number of hydrogen-bond acceptors (Lipinski definition) is 5. The highest BCUT2D eigenvalue weighted by molar-refractivity contribution is 8.00. The molecule has 1 amide bonds. The average Bonchev–Trinajstić information content (AvgIpc) is 3.16. The number of benzene rings is 2. The Morgan fingerprint density at radius 3 is 2.50 bits per heavy atom. The summed E-state index contributed by atoms with van der Waals surface area (Å²) in [6.45, 7) is 4.16. The van der Waals surface area contributed by atoms with Crippen molar-refractivity contribution in [3.8, 4) is 0 Å². The van der Waals surface area contributed by atoms with Crippen molar-refractivity contribution in [1.82, 2.24) is 14.9 Å². The van der Waals surface area contributed by atoms with Gasteiger partial charge in [0, 0.05) is 12.1 Å². The lowest BCUT2D eigenvalue weighted by Gasteiger charge is -2.33. The van der Waals surface area contributed by atoms with E-state index in [0.717, 1.165) is 29.9 Å². The van der Waals surface area contributed by atoms with Gasteiger partial charge in [-0.3, -0.25) is 4.79 Å². The third-order valence-electron chi connectivity index (χ3n) is 4.87. The molecule has 3 aromatic rings. The Bertz CT molecular complexity index is 955. The molecule has 0 spiro atoms. The van der Waals surface area contributed by atoms with Gasteiger partial charge < -0.3 is 10.7 Å². The molecule has 1 aliphatic heterocycles. The van der Waals surface area contributed by atoms with Gasteiger partial charge in [0.15, 0.2) is 5.82 Å². The second-order valence-corrected chi connectivity index (χ2v) is 7.79. The summed E-state index contributed by atoms with van der Waals surface area (Å²) in [5.74, 6) is 0.806. The summed E-state index contributed by atoms with van der Waals surface area (Å²) >= 11 is 1.45. The van der Waals surface area contributed by atoms with E-state index in [4.69, 9.17) is 0 Å². The number of aromatic nitrogens is 3. The largest absolute Gasteiger partial charge is 0.325 e. The molecule has 7 heteroatoms. The zero-order valence-corrected chi connectivity index (χ0v) is 16.7. The van der Waals surface area contributed by atoms with E-state index in [9.17, 15) is 4.79 Å². The van der Waals surface area contributed by atoms with Gasteiger partial charge in [-0.2, -0.15) is 0 Å². The van der Waals surface area contributed by atoms with E-state index in [0.29, 0.717) is 5.16 Å². The molecule has 4 rings (SSSR count). The average molecular weight is 394 g/mol. The summed E-state index contributed by atoms with van der Waals surface area (Å²) in [4.78, 5) is 13.2. The Kier molecular flexibility index (Phi) is 5.34. The number of carbonyl (C=O) groups excluding carboxylic acids is 1. The fourth-order valence-corrected chi connectivity index (χ4v) is 4.37. The summed E-state index contributed by atoms with van der Waals surface area (Å²) in [6.07, 6.45) is 1.74. The van der Waals surface area contributed by atoms with E-state index in [1.54, 1.807) is 0 Å². The number of thioether (sulfide) groups is 1. The van der Waals surface area contributed by atoms with Gasteiger partial charge in [-0.05, 0) is 29.7 Å². The normalized spacial score (nSPS) is 18.2. The van der Waals surface area contributed by atoms with Crippen molar-refractivity contribution in [2.45, 2.75) is 43.1 Å². The van der Waals surface area contributed by atoms with Crippen LogP contribution in [-0.4, -0.2) is 26.0 Å². The van der Waals surface area contributed by atoms with Gasteiger partial charge in [0.2, 0.25) is 11.1 Å². The Morgan fingerprint density at radius 1 is 1.07 bits per heavy atom. The third kappa shape index (κ3) is 3.62. The second-order valence-electron chi connectivity index (χ2n) is 6.68. The Morgan fingerprint density at radius 2 is 1.82 bits per heavy atom. The maximum absolute atomic E-state index is 13.2. The fraction of sp³-hybridized carbons (Fsp3) is 0.286. The number of anilines is 1. The van der Waals surface area contributed by atoms with Crippen LogP contribution in [0.5, 0.6) is 0 Å². The van der Waals surface area contributed by atoms with Crippen LogP contribution in [-0.2, 0) is 17.6 Å². The second kappa shape index (κ2) is 8.06. The van der Waals surface area contributed by atoms with Crippen LogP contribution in [0.4, 0.5) is 5.69 Å². The number of fused-ring (bicyclic) bond motifs is 1. The first-order valence-electron chi connectivity index (χ1n) is 9.51. The van der Waals surface area contributed by atoms with E-state index in [1.807, 2.05) is 66.2 Å². The summed E-state index contributed by atoms with van der Waals surface area (Å²) in [5.41, 5.74) is 6.56. The molecular formula is C21H23N5OS. The van der Waals surface area contributed by atoms with Crippen molar-refractivity contribution < 1.29 is 4.79 Å². The van der Waals surface area contributed by atoms with Gasteiger partial charge in [0.05, 0.1) is 6.04 Å². The first-order valence-corrected chi connectivity index (χ1v) is 10.4. The number of aryl methyl sites for hydroxylation is 2. The monoisotopic (exact) mass is 393 g/mol. The Labute approximate surface area is 168 Å². The van der Waals surface area contributed by atoms with Gasteiger partial charge in [0.1, 0.15) is 5.25 Å². The van der Waals surface area contributed by atoms with Crippen molar-refractivity contribution in [1.29, 1.82) is 0 Å². The van der Waals surface area contributed by atoms with E-state index in [-0.39, 0.29) is 17.2 Å². The molecule has 1 aliphatic rings. The van der Waals surface area contributed by atoms with Crippen molar-refractivity contribution in [2.75, 3.05) is 10.7 Å². The van der Waals surface area contributed by atoms with Crippen LogP contribution in [0, 0.1) is 0 Å². The summed E-state index contributed by atoms with van der Waals surface area (Å²) in [5, 5.41) is 11.9. The quantitative estimate of drug-likeness (QED) is 0.690. The number of hydrogen-bond donors (Lipinski definition) is 2. The van der Waals surface area contributed by atoms with Crippen LogP contribution >= 0.6 is 11.8 Å². The van der Waals surface area contributed by atoms with Crippen molar-refractivity contribution in [3.63, 3.8) is 0 Å². The number of amides is 1. The SMILES string of the molecule is CCc1ccc(NC(=O)[C@H]2Sc3nnc(CC)n3N[C@H]2c2ccccc2)cc1. The Hall–Kier alpha value is -2.80. The van der Waals surface area contributed by atoms with Gasteiger partial charge in [0.25, 0.3) is 0 Å². The van der Waals surface area contributed by atoms with Crippen LogP contribution < -0.4 is 10.7 Å². The molecule has 2 atom stereocenters. The zero-order chi connectivity index (χ0) is 19.5. The minimum absolute atomic E-state index is 0.0529. The molecular weight excluding hydrogens is 370 g/mol. The van der Waals surface area contributed by atoms with Crippen LogP contribution in [0.25, 0.3) is 0 Å². The van der Waals surface area contributed by atoms with E-state index >= 15 is 0 Å². The van der Waals surface area contributed by atoms with Gasteiger partial charge in [-0.1, -0.05) is 68.1 Å². The lowest BCUT2D eigenvalue weighted by Crippen LogP contribution is -2.41. The molecule has 0 saturated heterocycles. The number of carbonyl (C=O) groups is 1. The van der Waals surface area contributed by atoms with Gasteiger partial charge in [-0.25, -0.2) is 4.68 Å². The summed E-state index contributed by atoms with van der Waals surface area (Å²) < 4.78 is 1.90. The van der Waals surface area contributed by atoms with Crippen LogP contribution in [0.15, 0.2) is 59.8 Å². The predicted molar refractivity (Wildman–Crippen MR) is 112 cm³/mol. The highest BCUT2D eigenvalue weighted by Crippen LogP contribution is 2.37. The topological polar surface area (TPSA) is 71.8 Å². The maximum atomic E-state index is 13.2. The molecule has 0 radical (unpaired) electrons. The smallest absolute Gasteiger partial charge is 0.240 e. The molecule has 0 saturated carbocycles. The fourth-order valence-electron chi connectivity index (χ4n) is 3.28. The lowest BCUT2D eigenvalue weighted by atomic mass is 10.0. The van der Waals surface area contributed by atoms with E-state index < -0.39 is 0 Å². The third-order valence-corrected chi connectivity index (χ3v) is 6.08. The van der Waals surface area contributed by atoms with Crippen LogP contribution in [0.3, 0.4) is 0 Å². The molecule has 2 heterocycles. The van der Waals surface area contributed by atoms with Crippen molar-refractivity contribution in [2.24, 2.45) is 0 Å². The van der Waals surface area contributed by atoms with E-state index in [2.05, 4.69) is 27.9 Å².